The number of carbonyl (C=O) groups excluding carboxylic acids is 2. The van der Waals surface area contributed by atoms with Crippen LogP contribution in [-0.4, -0.2) is 17.8 Å². The van der Waals surface area contributed by atoms with Crippen LogP contribution in [0, 0.1) is 0 Å². The monoisotopic (exact) mass is 347 g/mol. The van der Waals surface area contributed by atoms with Gasteiger partial charge in [0.15, 0.2) is 17.3 Å². The zero-order chi connectivity index (χ0) is 18.5. The van der Waals surface area contributed by atoms with Crippen molar-refractivity contribution in [3.63, 3.8) is 0 Å². The molecular weight excluding hydrogens is 330 g/mol. The maximum absolute atomic E-state index is 12.0. The van der Waals surface area contributed by atoms with Gasteiger partial charge in [-0.25, -0.2) is 0 Å². The molecular formula is C20H17N3O3. The highest BCUT2D eigenvalue weighted by molar-refractivity contribution is 5.99. The van der Waals surface area contributed by atoms with E-state index in [0.717, 1.165) is 0 Å². The molecule has 1 aliphatic heterocycles. The summed E-state index contributed by atoms with van der Waals surface area (Å²) in [5, 5.41) is 10.7. The van der Waals surface area contributed by atoms with Gasteiger partial charge in [0.2, 0.25) is 0 Å². The van der Waals surface area contributed by atoms with Crippen LogP contribution in [0.4, 0.5) is 0 Å². The molecule has 1 aliphatic rings. The Morgan fingerprint density at radius 1 is 0.808 bits per heavy atom. The molecule has 0 aromatic heterocycles. The average Bonchev–Trinajstić information content (AvgIpc) is 2.64. The van der Waals surface area contributed by atoms with Crippen molar-refractivity contribution in [3.05, 3.63) is 90.6 Å². The summed E-state index contributed by atoms with van der Waals surface area (Å²) in [4.78, 5) is 28.8. The van der Waals surface area contributed by atoms with Gasteiger partial charge in [-0.05, 0) is 35.6 Å². The molecule has 0 bridgehead atoms. The lowest BCUT2D eigenvalue weighted by Gasteiger charge is -2.03. The first-order chi connectivity index (χ1) is 12.8. The van der Waals surface area contributed by atoms with E-state index in [2.05, 4.69) is 15.6 Å². The summed E-state index contributed by atoms with van der Waals surface area (Å²) in [6, 6.07) is 7.03. The normalized spacial score (nSPS) is 15.7. The van der Waals surface area contributed by atoms with Crippen LogP contribution in [0.1, 0.15) is 5.56 Å². The number of nitrogens with zero attached hydrogens (tertiary/aromatic N) is 3. The summed E-state index contributed by atoms with van der Waals surface area (Å²) in [5.41, 5.74) is 0.674. The number of carbonyl (C=O) groups is 2. The van der Waals surface area contributed by atoms with E-state index in [1.807, 2.05) is 0 Å². The topological polar surface area (TPSA) is 80.4 Å². The lowest BCUT2D eigenvalue weighted by Crippen LogP contribution is -2.00. The van der Waals surface area contributed by atoms with Gasteiger partial charge in [-0.15, -0.1) is 5.10 Å². The molecule has 0 atom stereocenters. The van der Waals surface area contributed by atoms with Gasteiger partial charge in [-0.3, -0.25) is 9.59 Å². The lowest BCUT2D eigenvalue weighted by molar-refractivity contribution is -0.114. The number of rotatable bonds is 0. The lowest BCUT2D eigenvalue weighted by atomic mass is 10.1. The SMILES string of the molecule is O=C1C=CC=CC=CC=NN=NOc2ccccc2CC(=O)C=CC=C1. The minimum absolute atomic E-state index is 0.133. The second-order valence-electron chi connectivity index (χ2n) is 5.03. The first-order valence-corrected chi connectivity index (χ1v) is 7.85. The minimum Gasteiger partial charge on any atom is -0.338 e. The van der Waals surface area contributed by atoms with Crippen molar-refractivity contribution in [1.82, 2.24) is 0 Å². The number of allylic oxidation sites excluding steroid dienone is 10. The van der Waals surface area contributed by atoms with Gasteiger partial charge in [0, 0.05) is 12.0 Å². The van der Waals surface area contributed by atoms with Gasteiger partial charge >= 0.3 is 0 Å². The van der Waals surface area contributed by atoms with Crippen LogP contribution in [0.25, 0.3) is 0 Å². The molecule has 1 aromatic rings. The minimum atomic E-state index is -0.175. The second-order valence-corrected chi connectivity index (χ2v) is 5.03. The third-order valence-electron chi connectivity index (χ3n) is 3.08. The largest absolute Gasteiger partial charge is 0.338 e. The van der Waals surface area contributed by atoms with Gasteiger partial charge in [-0.2, -0.15) is 0 Å². The first-order valence-electron chi connectivity index (χ1n) is 7.85. The highest BCUT2D eigenvalue weighted by Crippen LogP contribution is 2.19. The van der Waals surface area contributed by atoms with E-state index in [4.69, 9.17) is 4.84 Å². The standard InChI is InChI=1S/C20H17N3O3/c24-18-11-4-2-1-3-9-15-21-22-23-26-20-14-8-5-10-17(20)16-19(25)13-7-6-12-18/h1-15H,16H2. The zero-order valence-corrected chi connectivity index (χ0v) is 13.9. The number of hydrogen-bond donors (Lipinski definition) is 0. The van der Waals surface area contributed by atoms with Gasteiger partial charge in [0.05, 0.1) is 11.5 Å². The van der Waals surface area contributed by atoms with Crippen LogP contribution in [0.15, 0.2) is 101 Å². The van der Waals surface area contributed by atoms with Gasteiger partial charge in [-0.1, -0.05) is 54.7 Å². The number of fused-ring (bicyclic) bond motifs is 1. The molecule has 26 heavy (non-hydrogen) atoms. The third kappa shape index (κ3) is 7.27. The Kier molecular flexibility index (Phi) is 7.89. The number of para-hydroxylation sites is 1. The fourth-order valence-electron chi connectivity index (χ4n) is 1.90. The average molecular weight is 347 g/mol. The maximum Gasteiger partial charge on any atom is 0.178 e. The molecule has 0 N–H and O–H groups in total. The molecule has 0 amide bonds. The summed E-state index contributed by atoms with van der Waals surface area (Å²) in [6.45, 7) is 0. The Morgan fingerprint density at radius 3 is 2.38 bits per heavy atom. The van der Waals surface area contributed by atoms with E-state index < -0.39 is 0 Å². The Bertz CT molecular complexity index is 844. The van der Waals surface area contributed by atoms with Crippen LogP contribution in [-0.2, 0) is 16.0 Å². The first kappa shape index (κ1) is 18.7. The van der Waals surface area contributed by atoms with E-state index in [1.54, 1.807) is 54.6 Å². The van der Waals surface area contributed by atoms with Crippen molar-refractivity contribution in [1.29, 1.82) is 0 Å². The van der Waals surface area contributed by atoms with Crippen molar-refractivity contribution in [2.45, 2.75) is 6.42 Å². The Labute approximate surface area is 151 Å². The van der Waals surface area contributed by atoms with Crippen molar-refractivity contribution in [3.8, 4) is 5.75 Å². The predicted octanol–water partition coefficient (Wildman–Crippen LogP) is 3.89. The molecule has 6 nitrogen and oxygen atoms in total. The molecule has 130 valence electrons. The number of benzene rings is 1. The van der Waals surface area contributed by atoms with E-state index in [-0.39, 0.29) is 18.0 Å². The van der Waals surface area contributed by atoms with E-state index in [9.17, 15) is 9.59 Å². The molecule has 2 rings (SSSR count). The molecule has 0 radical (unpaired) electrons. The third-order valence-corrected chi connectivity index (χ3v) is 3.08. The fourth-order valence-corrected chi connectivity index (χ4v) is 1.90. The van der Waals surface area contributed by atoms with Gasteiger partial charge in [0.25, 0.3) is 0 Å². The van der Waals surface area contributed by atoms with Crippen LogP contribution in [0.2, 0.25) is 0 Å². The summed E-state index contributed by atoms with van der Waals surface area (Å²) in [6.07, 6.45) is 17.3. The summed E-state index contributed by atoms with van der Waals surface area (Å²) in [7, 11) is 0. The molecule has 0 fully saturated rings. The predicted molar refractivity (Wildman–Crippen MR) is 99.8 cm³/mol. The zero-order valence-electron chi connectivity index (χ0n) is 13.9. The highest BCUT2D eigenvalue weighted by atomic mass is 16.6. The maximum atomic E-state index is 12.0. The molecule has 0 aliphatic carbocycles. The fraction of sp³-hybridized carbons (Fsp3) is 0.0500. The molecule has 1 heterocycles. The van der Waals surface area contributed by atoms with E-state index in [1.165, 1.54) is 36.6 Å². The summed E-state index contributed by atoms with van der Waals surface area (Å²) in [5.74, 6) is 0.119. The van der Waals surface area contributed by atoms with Crippen LogP contribution in [0.3, 0.4) is 0 Å². The quantitative estimate of drug-likeness (QED) is 0.714. The van der Waals surface area contributed by atoms with Crippen molar-refractivity contribution >= 4 is 17.8 Å². The Hall–Kier alpha value is -3.67. The summed E-state index contributed by atoms with van der Waals surface area (Å²) < 4.78 is 0. The van der Waals surface area contributed by atoms with Crippen LogP contribution < -0.4 is 4.84 Å². The van der Waals surface area contributed by atoms with Crippen LogP contribution >= 0.6 is 0 Å². The van der Waals surface area contributed by atoms with Gasteiger partial charge in [0.1, 0.15) is 0 Å². The smallest absolute Gasteiger partial charge is 0.178 e. The molecule has 0 saturated heterocycles. The van der Waals surface area contributed by atoms with Gasteiger partial charge < -0.3 is 4.84 Å². The van der Waals surface area contributed by atoms with E-state index >= 15 is 0 Å². The molecule has 0 unspecified atom stereocenters. The summed E-state index contributed by atoms with van der Waals surface area (Å²) >= 11 is 0. The number of hydrogen-bond acceptors (Lipinski definition) is 6. The van der Waals surface area contributed by atoms with Crippen LogP contribution in [0.5, 0.6) is 5.75 Å². The highest BCUT2D eigenvalue weighted by Gasteiger charge is 2.06. The van der Waals surface area contributed by atoms with E-state index in [0.29, 0.717) is 11.3 Å². The van der Waals surface area contributed by atoms with Crippen molar-refractivity contribution < 1.29 is 14.4 Å². The molecule has 6 heteroatoms. The molecule has 0 spiro atoms. The Morgan fingerprint density at radius 2 is 1.50 bits per heavy atom. The molecule has 0 saturated carbocycles. The molecule has 1 aromatic carbocycles. The Balaban J connectivity index is 2.19. The second kappa shape index (κ2) is 11.0. The van der Waals surface area contributed by atoms with Crippen molar-refractivity contribution in [2.24, 2.45) is 15.6 Å². The van der Waals surface area contributed by atoms with Crippen molar-refractivity contribution in [2.75, 3.05) is 0 Å². The number of ketones is 2.